The molecule has 0 atom stereocenters. The molecule has 2 rings (SSSR count). The van der Waals surface area contributed by atoms with Gasteiger partial charge in [-0.25, -0.2) is 17.6 Å². The van der Waals surface area contributed by atoms with Crippen LogP contribution in [0.25, 0.3) is 0 Å². The molecule has 0 aliphatic carbocycles. The molecule has 2 aromatic rings. The van der Waals surface area contributed by atoms with Crippen LogP contribution in [0.1, 0.15) is 34.5 Å². The van der Waals surface area contributed by atoms with Crippen LogP contribution in [0.15, 0.2) is 40.1 Å². The van der Waals surface area contributed by atoms with Gasteiger partial charge in [0.2, 0.25) is 15.9 Å². The van der Waals surface area contributed by atoms with Crippen LogP contribution in [0, 0.1) is 12.7 Å². The summed E-state index contributed by atoms with van der Waals surface area (Å²) in [4.78, 5) is 40.9. The maximum atomic E-state index is 13.7. The highest BCUT2D eigenvalue weighted by Crippen LogP contribution is 2.17. The van der Waals surface area contributed by atoms with E-state index < -0.39 is 39.0 Å². The lowest BCUT2D eigenvalue weighted by atomic mass is 10.1. The topological polar surface area (TPSA) is 188 Å². The van der Waals surface area contributed by atoms with Crippen LogP contribution in [0.5, 0.6) is 0 Å². The smallest absolute Gasteiger partial charge is 0.338 e. The number of amides is 1. The number of esters is 1. The first-order valence-electron chi connectivity index (χ1n) is 10.8. The van der Waals surface area contributed by atoms with Crippen molar-refractivity contribution in [2.45, 2.75) is 32.1 Å². The molecular weight excluding hydrogens is 495 g/mol. The van der Waals surface area contributed by atoms with Crippen LogP contribution >= 0.6 is 0 Å². The van der Waals surface area contributed by atoms with Gasteiger partial charge < -0.3 is 26.1 Å². The van der Waals surface area contributed by atoms with Crippen LogP contribution in [-0.2, 0) is 31.9 Å². The fraction of sp³-hybridized carbons (Fsp3) is 0.364. The van der Waals surface area contributed by atoms with Crippen molar-refractivity contribution in [1.82, 2.24) is 9.88 Å². The monoisotopic (exact) mass is 524 g/mol. The zero-order chi connectivity index (χ0) is 26.9. The fourth-order valence-electron chi connectivity index (χ4n) is 3.22. The van der Waals surface area contributed by atoms with E-state index in [9.17, 15) is 27.2 Å². The summed E-state index contributed by atoms with van der Waals surface area (Å²) in [6.07, 6.45) is 1.27. The molecule has 0 unspecified atom stereocenters. The Morgan fingerprint density at radius 3 is 2.56 bits per heavy atom. The summed E-state index contributed by atoms with van der Waals surface area (Å²) < 4.78 is 47.1. The van der Waals surface area contributed by atoms with Crippen molar-refractivity contribution in [2.75, 3.05) is 24.9 Å². The van der Waals surface area contributed by atoms with Crippen LogP contribution in [0.3, 0.4) is 0 Å². The third-order valence-corrected chi connectivity index (χ3v) is 6.20. The van der Waals surface area contributed by atoms with Gasteiger partial charge >= 0.3 is 5.97 Å². The Bertz CT molecular complexity index is 1300. The molecule has 0 aliphatic heterocycles. The molecule has 0 saturated heterocycles. The van der Waals surface area contributed by atoms with E-state index >= 15 is 0 Å². The number of carbonyl (C=O) groups is 2. The molecule has 36 heavy (non-hydrogen) atoms. The number of aliphatic imine (C=N–C) groups is 1. The number of hydrogen-bond acceptors (Lipinski definition) is 7. The standard InChI is InChI=1S/C22H29FN6O6S/c1-14-5-8-18(20(31)29(14)12-19(30)26-9-3-4-10-27-22(24)25)28-36(33,34)13-15-11-16(23)6-7-17(15)21(32)35-2/h5-8,11,28H,3-4,9-10,12-13H2,1-2H3,(H,26,30)(H4,24,25,27). The summed E-state index contributed by atoms with van der Waals surface area (Å²) in [5.41, 5.74) is 9.60. The zero-order valence-corrected chi connectivity index (χ0v) is 20.7. The van der Waals surface area contributed by atoms with Gasteiger partial charge in [-0.1, -0.05) is 0 Å². The second-order valence-electron chi connectivity index (χ2n) is 7.80. The van der Waals surface area contributed by atoms with E-state index in [0.29, 0.717) is 31.6 Å². The van der Waals surface area contributed by atoms with Gasteiger partial charge in [-0.2, -0.15) is 0 Å². The molecular formula is C22H29FN6O6S. The number of guanidine groups is 1. The van der Waals surface area contributed by atoms with Crippen molar-refractivity contribution in [3.8, 4) is 0 Å². The molecule has 196 valence electrons. The fourth-order valence-corrected chi connectivity index (χ4v) is 4.43. The summed E-state index contributed by atoms with van der Waals surface area (Å²) in [7, 11) is -3.13. The number of nitrogens with one attached hydrogen (secondary N) is 2. The number of aryl methyl sites for hydroxylation is 1. The van der Waals surface area contributed by atoms with Gasteiger partial charge in [-0.3, -0.25) is 19.3 Å². The van der Waals surface area contributed by atoms with Gasteiger partial charge in [-0.05, 0) is 55.7 Å². The molecule has 1 aromatic carbocycles. The molecule has 0 radical (unpaired) electrons. The Hall–Kier alpha value is -3.94. The second-order valence-corrected chi connectivity index (χ2v) is 9.52. The van der Waals surface area contributed by atoms with Crippen LogP contribution < -0.4 is 27.1 Å². The quantitative estimate of drug-likeness (QED) is 0.131. The van der Waals surface area contributed by atoms with Gasteiger partial charge in [0.1, 0.15) is 18.0 Å². The lowest BCUT2D eigenvalue weighted by Crippen LogP contribution is -2.35. The molecule has 6 N–H and O–H groups in total. The number of carbonyl (C=O) groups excluding carboxylic acids is 2. The average Bonchev–Trinajstić information content (AvgIpc) is 2.80. The molecule has 1 aromatic heterocycles. The van der Waals surface area contributed by atoms with Crippen molar-refractivity contribution in [3.05, 3.63) is 63.3 Å². The van der Waals surface area contributed by atoms with Gasteiger partial charge in [0, 0.05) is 18.8 Å². The average molecular weight is 525 g/mol. The van der Waals surface area contributed by atoms with E-state index in [4.69, 9.17) is 11.5 Å². The Morgan fingerprint density at radius 2 is 1.89 bits per heavy atom. The SMILES string of the molecule is COC(=O)c1ccc(F)cc1CS(=O)(=O)Nc1ccc(C)n(CC(=O)NCCCCN=C(N)N)c1=O. The summed E-state index contributed by atoms with van der Waals surface area (Å²) >= 11 is 0. The zero-order valence-electron chi connectivity index (χ0n) is 19.9. The second kappa shape index (κ2) is 12.7. The number of ether oxygens (including phenoxy) is 1. The number of rotatable bonds is 12. The Balaban J connectivity index is 2.12. The molecule has 0 aliphatic rings. The highest BCUT2D eigenvalue weighted by Gasteiger charge is 2.21. The first-order valence-corrected chi connectivity index (χ1v) is 12.5. The summed E-state index contributed by atoms with van der Waals surface area (Å²) in [5, 5.41) is 2.67. The molecule has 0 spiro atoms. The number of aromatic nitrogens is 1. The van der Waals surface area contributed by atoms with E-state index in [1.807, 2.05) is 0 Å². The number of nitrogens with two attached hydrogens (primary N) is 2. The molecule has 0 saturated carbocycles. The van der Waals surface area contributed by atoms with Crippen LogP contribution in [-0.4, -0.2) is 51.0 Å². The summed E-state index contributed by atoms with van der Waals surface area (Å²) in [5.74, 6) is -2.82. The lowest BCUT2D eigenvalue weighted by molar-refractivity contribution is -0.121. The minimum Gasteiger partial charge on any atom is -0.465 e. The maximum Gasteiger partial charge on any atom is 0.338 e. The van der Waals surface area contributed by atoms with Crippen molar-refractivity contribution < 1.29 is 27.1 Å². The Kier molecular flexibility index (Phi) is 9.96. The number of benzene rings is 1. The lowest BCUT2D eigenvalue weighted by Gasteiger charge is -2.14. The third-order valence-electron chi connectivity index (χ3n) is 4.98. The largest absolute Gasteiger partial charge is 0.465 e. The van der Waals surface area contributed by atoms with E-state index in [2.05, 4.69) is 19.8 Å². The predicted octanol–water partition coefficient (Wildman–Crippen LogP) is 0.194. The third kappa shape index (κ3) is 8.37. The van der Waals surface area contributed by atoms with Gasteiger partial charge in [0.15, 0.2) is 5.96 Å². The highest BCUT2D eigenvalue weighted by atomic mass is 32.2. The summed E-state index contributed by atoms with van der Waals surface area (Å²) in [6.45, 7) is 2.03. The number of pyridine rings is 1. The number of sulfonamides is 1. The number of hydrogen-bond donors (Lipinski definition) is 4. The van der Waals surface area contributed by atoms with Crippen LogP contribution in [0.4, 0.5) is 10.1 Å². The molecule has 14 heteroatoms. The number of methoxy groups -OCH3 is 1. The molecule has 12 nitrogen and oxygen atoms in total. The summed E-state index contributed by atoms with van der Waals surface area (Å²) in [6, 6.07) is 5.76. The van der Waals surface area contributed by atoms with Crippen molar-refractivity contribution >= 4 is 33.5 Å². The molecule has 0 bridgehead atoms. The van der Waals surface area contributed by atoms with Crippen molar-refractivity contribution in [3.63, 3.8) is 0 Å². The Labute approximate surface area is 207 Å². The van der Waals surface area contributed by atoms with Crippen LogP contribution in [0.2, 0.25) is 0 Å². The maximum absolute atomic E-state index is 13.7. The molecule has 1 heterocycles. The van der Waals surface area contributed by atoms with Gasteiger partial charge in [-0.15, -0.1) is 0 Å². The van der Waals surface area contributed by atoms with Crippen molar-refractivity contribution in [1.29, 1.82) is 0 Å². The number of nitrogens with zero attached hydrogens (tertiary/aromatic N) is 2. The first-order chi connectivity index (χ1) is 16.9. The predicted molar refractivity (Wildman–Crippen MR) is 132 cm³/mol. The van der Waals surface area contributed by atoms with E-state index in [-0.39, 0.29) is 29.3 Å². The molecule has 1 amide bonds. The van der Waals surface area contributed by atoms with E-state index in [0.717, 1.165) is 29.9 Å². The minimum absolute atomic E-state index is 0.00997. The van der Waals surface area contributed by atoms with Crippen molar-refractivity contribution in [2.24, 2.45) is 16.5 Å². The van der Waals surface area contributed by atoms with E-state index in [1.54, 1.807) is 6.92 Å². The Morgan fingerprint density at radius 1 is 1.17 bits per heavy atom. The minimum atomic E-state index is -4.25. The van der Waals surface area contributed by atoms with Gasteiger partial charge in [0.05, 0.1) is 18.4 Å². The number of halogens is 1. The van der Waals surface area contributed by atoms with Gasteiger partial charge in [0.25, 0.3) is 5.56 Å². The molecule has 0 fully saturated rings. The number of anilines is 1. The highest BCUT2D eigenvalue weighted by molar-refractivity contribution is 7.91. The first kappa shape index (κ1) is 28.3. The number of unbranched alkanes of at least 4 members (excludes halogenated alkanes) is 1. The van der Waals surface area contributed by atoms with E-state index in [1.165, 1.54) is 12.1 Å². The normalized spacial score (nSPS) is 11.0.